The number of carbonyl (C=O) groups is 1. The first-order valence-electron chi connectivity index (χ1n) is 9.73. The van der Waals surface area contributed by atoms with Crippen LogP contribution in [0.4, 0.5) is 0 Å². The summed E-state index contributed by atoms with van der Waals surface area (Å²) in [5.74, 6) is 1.40. The van der Waals surface area contributed by atoms with Crippen LogP contribution in [0.2, 0.25) is 0 Å². The Hall–Kier alpha value is -1.46. The molecule has 25 heavy (non-hydrogen) atoms. The highest BCUT2D eigenvalue weighted by atomic mass is 16.5. The first-order chi connectivity index (χ1) is 12.2. The minimum atomic E-state index is 0.103. The van der Waals surface area contributed by atoms with Gasteiger partial charge in [0.15, 0.2) is 0 Å². The van der Waals surface area contributed by atoms with Gasteiger partial charge in [-0.25, -0.2) is 0 Å². The van der Waals surface area contributed by atoms with Gasteiger partial charge in [0.05, 0.1) is 11.8 Å². The summed E-state index contributed by atoms with van der Waals surface area (Å²) in [6.07, 6.45) is 4.67. The average molecular weight is 343 g/mol. The molecule has 1 aliphatic carbocycles. The van der Waals surface area contributed by atoms with Crippen molar-refractivity contribution in [1.82, 2.24) is 15.2 Å². The molecule has 5 nitrogen and oxygen atoms in total. The third kappa shape index (κ3) is 4.21. The van der Waals surface area contributed by atoms with E-state index in [2.05, 4.69) is 27.3 Å². The number of nitrogens with zero attached hydrogens (tertiary/aromatic N) is 2. The number of ether oxygens (including phenoxy) is 1. The van der Waals surface area contributed by atoms with Crippen LogP contribution in [0.25, 0.3) is 0 Å². The average Bonchev–Trinajstić information content (AvgIpc) is 3.43. The second-order valence-corrected chi connectivity index (χ2v) is 7.95. The monoisotopic (exact) mass is 343 g/mol. The Morgan fingerprint density at radius 1 is 1.32 bits per heavy atom. The molecule has 1 aromatic heterocycles. The second kappa shape index (κ2) is 7.42. The van der Waals surface area contributed by atoms with Gasteiger partial charge in [-0.2, -0.15) is 0 Å². The van der Waals surface area contributed by atoms with Crippen LogP contribution in [0.15, 0.2) is 18.2 Å². The van der Waals surface area contributed by atoms with Crippen molar-refractivity contribution < 1.29 is 9.53 Å². The number of carbonyl (C=O) groups excluding carboxylic acids is 1. The summed E-state index contributed by atoms with van der Waals surface area (Å²) in [5.41, 5.74) is 2.18. The minimum Gasteiger partial charge on any atom is -0.378 e. The van der Waals surface area contributed by atoms with Gasteiger partial charge in [-0.3, -0.25) is 14.7 Å². The second-order valence-electron chi connectivity index (χ2n) is 7.95. The molecule has 1 aromatic rings. The molecular weight excluding hydrogens is 314 g/mol. The molecule has 4 rings (SSSR count). The number of pyridine rings is 1. The van der Waals surface area contributed by atoms with Gasteiger partial charge in [-0.15, -0.1) is 0 Å². The van der Waals surface area contributed by atoms with E-state index in [0.29, 0.717) is 5.92 Å². The number of amides is 1. The highest BCUT2D eigenvalue weighted by Crippen LogP contribution is 2.34. The van der Waals surface area contributed by atoms with E-state index in [1.165, 1.54) is 12.8 Å². The lowest BCUT2D eigenvalue weighted by Gasteiger charge is -2.44. The molecule has 0 aromatic carbocycles. The van der Waals surface area contributed by atoms with Gasteiger partial charge >= 0.3 is 0 Å². The lowest BCUT2D eigenvalue weighted by molar-refractivity contribution is -0.142. The van der Waals surface area contributed by atoms with E-state index in [9.17, 15) is 4.79 Å². The fourth-order valence-electron chi connectivity index (χ4n) is 4.27. The van der Waals surface area contributed by atoms with Gasteiger partial charge in [0.1, 0.15) is 0 Å². The summed E-state index contributed by atoms with van der Waals surface area (Å²) < 4.78 is 6.00. The Morgan fingerprint density at radius 2 is 2.20 bits per heavy atom. The Balaban J connectivity index is 1.38. The smallest absolute Gasteiger partial charge is 0.223 e. The Labute approximate surface area is 150 Å². The summed E-state index contributed by atoms with van der Waals surface area (Å²) in [6, 6.07) is 6.20. The summed E-state index contributed by atoms with van der Waals surface area (Å²) in [4.78, 5) is 19.8. The van der Waals surface area contributed by atoms with Crippen LogP contribution in [0.5, 0.6) is 0 Å². The van der Waals surface area contributed by atoms with Crippen LogP contribution < -0.4 is 5.32 Å². The highest BCUT2D eigenvalue weighted by molar-refractivity contribution is 5.79. The summed E-state index contributed by atoms with van der Waals surface area (Å²) in [6.45, 7) is 6.44. The van der Waals surface area contributed by atoms with Crippen LogP contribution in [0, 0.1) is 24.7 Å². The number of nitrogens with one attached hydrogen (secondary N) is 1. The third-order valence-electron chi connectivity index (χ3n) is 5.88. The molecule has 3 atom stereocenters. The van der Waals surface area contributed by atoms with Crippen LogP contribution in [0.1, 0.15) is 37.1 Å². The molecule has 1 saturated carbocycles. The number of likely N-dealkylation sites (tertiary alicyclic amines) is 1. The van der Waals surface area contributed by atoms with Gasteiger partial charge in [0.25, 0.3) is 0 Å². The lowest BCUT2D eigenvalue weighted by Crippen LogP contribution is -2.53. The molecule has 136 valence electrons. The van der Waals surface area contributed by atoms with E-state index in [4.69, 9.17) is 4.74 Å². The van der Waals surface area contributed by atoms with Gasteiger partial charge in [0, 0.05) is 50.3 Å². The fraction of sp³-hybridized carbons (Fsp3) is 0.700. The first kappa shape index (κ1) is 17.0. The van der Waals surface area contributed by atoms with E-state index in [-0.39, 0.29) is 17.9 Å². The standard InChI is InChI=1S/C20H29N3O2/c1-14-3-2-4-16(22-14)12-23-9-7-19-18(13-23)17(8-10-25-19)20(24)21-11-15-5-6-15/h2-4,15,17-19H,5-13H2,1H3,(H,21,24)/t17-,18+,19-/m1/s1. The molecule has 5 heteroatoms. The fourth-order valence-corrected chi connectivity index (χ4v) is 4.27. The Morgan fingerprint density at radius 3 is 3.00 bits per heavy atom. The topological polar surface area (TPSA) is 54.5 Å². The molecule has 0 unspecified atom stereocenters. The molecule has 3 fully saturated rings. The summed E-state index contributed by atoms with van der Waals surface area (Å²) in [7, 11) is 0. The molecule has 1 amide bonds. The number of piperidine rings is 1. The molecule has 0 bridgehead atoms. The summed E-state index contributed by atoms with van der Waals surface area (Å²) in [5, 5.41) is 3.19. The van der Waals surface area contributed by atoms with Crippen LogP contribution >= 0.6 is 0 Å². The zero-order valence-electron chi connectivity index (χ0n) is 15.1. The predicted octanol–water partition coefficient (Wildman–Crippen LogP) is 2.14. The van der Waals surface area contributed by atoms with Crippen LogP contribution in [0.3, 0.4) is 0 Å². The number of rotatable bonds is 5. The summed E-state index contributed by atoms with van der Waals surface area (Å²) >= 11 is 0. The van der Waals surface area contributed by atoms with Crippen molar-refractivity contribution in [2.45, 2.75) is 45.3 Å². The van der Waals surface area contributed by atoms with Crippen molar-refractivity contribution in [2.24, 2.45) is 17.8 Å². The number of aryl methyl sites for hydroxylation is 1. The Kier molecular flexibility index (Phi) is 5.04. The number of hydrogen-bond donors (Lipinski definition) is 1. The van der Waals surface area contributed by atoms with E-state index in [1.807, 2.05) is 13.0 Å². The molecule has 0 radical (unpaired) electrons. The van der Waals surface area contributed by atoms with Crippen molar-refractivity contribution in [3.63, 3.8) is 0 Å². The normalized spacial score (nSPS) is 29.9. The number of aromatic nitrogens is 1. The molecular formula is C20H29N3O2. The number of fused-ring (bicyclic) bond motifs is 1. The van der Waals surface area contributed by atoms with Gasteiger partial charge in [-0.1, -0.05) is 6.07 Å². The predicted molar refractivity (Wildman–Crippen MR) is 95.9 cm³/mol. The highest BCUT2D eigenvalue weighted by Gasteiger charge is 2.41. The SMILES string of the molecule is Cc1cccc(CN2CC[C@H]3OCC[C@@H](C(=O)NCC4CC4)[C@@H]3C2)n1. The third-order valence-corrected chi connectivity index (χ3v) is 5.88. The maximum absolute atomic E-state index is 12.7. The van der Waals surface area contributed by atoms with Crippen molar-refractivity contribution in [1.29, 1.82) is 0 Å². The van der Waals surface area contributed by atoms with E-state index in [1.54, 1.807) is 0 Å². The maximum atomic E-state index is 12.7. The van der Waals surface area contributed by atoms with Crippen molar-refractivity contribution in [3.05, 3.63) is 29.6 Å². The minimum absolute atomic E-state index is 0.103. The van der Waals surface area contributed by atoms with Crippen LogP contribution in [-0.4, -0.2) is 48.1 Å². The quantitative estimate of drug-likeness (QED) is 0.890. The largest absolute Gasteiger partial charge is 0.378 e. The van der Waals surface area contributed by atoms with E-state index < -0.39 is 0 Å². The van der Waals surface area contributed by atoms with E-state index in [0.717, 1.165) is 62.9 Å². The molecule has 1 N–H and O–H groups in total. The number of hydrogen-bond acceptors (Lipinski definition) is 4. The van der Waals surface area contributed by atoms with E-state index >= 15 is 0 Å². The molecule has 2 saturated heterocycles. The maximum Gasteiger partial charge on any atom is 0.223 e. The lowest BCUT2D eigenvalue weighted by atomic mass is 9.79. The molecule has 3 aliphatic rings. The molecule has 3 heterocycles. The zero-order valence-corrected chi connectivity index (χ0v) is 15.1. The Bertz CT molecular complexity index is 617. The van der Waals surface area contributed by atoms with Gasteiger partial charge in [-0.05, 0) is 50.7 Å². The van der Waals surface area contributed by atoms with Crippen molar-refractivity contribution in [3.8, 4) is 0 Å². The van der Waals surface area contributed by atoms with Gasteiger partial charge in [0.2, 0.25) is 5.91 Å². The first-order valence-corrected chi connectivity index (χ1v) is 9.73. The van der Waals surface area contributed by atoms with Crippen molar-refractivity contribution >= 4 is 5.91 Å². The molecule has 0 spiro atoms. The zero-order chi connectivity index (χ0) is 17.2. The van der Waals surface area contributed by atoms with Crippen LogP contribution in [-0.2, 0) is 16.1 Å². The molecule has 2 aliphatic heterocycles. The van der Waals surface area contributed by atoms with Crippen molar-refractivity contribution in [2.75, 3.05) is 26.2 Å². The van der Waals surface area contributed by atoms with Gasteiger partial charge < -0.3 is 10.1 Å².